The van der Waals surface area contributed by atoms with Crippen LogP contribution in [0.3, 0.4) is 0 Å². The summed E-state index contributed by atoms with van der Waals surface area (Å²) in [5.74, 6) is -0.922. The molecular weight excluding hydrogens is 279 g/mol. The summed E-state index contributed by atoms with van der Waals surface area (Å²) in [4.78, 5) is 21.2. The number of hydrogen-bond donors (Lipinski definition) is 0. The number of carbonyl (C=O) groups is 1. The van der Waals surface area contributed by atoms with Crippen molar-refractivity contribution in [1.82, 2.24) is 0 Å². The van der Waals surface area contributed by atoms with Crippen molar-refractivity contribution < 1.29 is 27.6 Å². The Hall–Kier alpha value is -2.12. The van der Waals surface area contributed by atoms with E-state index < -0.39 is 33.9 Å². The summed E-state index contributed by atoms with van der Waals surface area (Å²) < 4.78 is 42.7. The average Bonchev–Trinajstić information content (AvgIpc) is 2.24. The third-order valence-corrected chi connectivity index (χ3v) is 2.13. The van der Waals surface area contributed by atoms with Crippen LogP contribution in [0.15, 0.2) is 18.2 Å². The van der Waals surface area contributed by atoms with E-state index in [2.05, 4.69) is 0 Å². The van der Waals surface area contributed by atoms with Gasteiger partial charge in [0.2, 0.25) is 0 Å². The molecule has 20 heavy (non-hydrogen) atoms. The molecule has 5 nitrogen and oxygen atoms in total. The number of carbonyl (C=O) groups excluding carboxylic acids is 1. The van der Waals surface area contributed by atoms with Gasteiger partial charge in [0, 0.05) is 6.07 Å². The molecule has 0 saturated heterocycles. The van der Waals surface area contributed by atoms with E-state index in [0.717, 1.165) is 6.07 Å². The molecule has 0 radical (unpaired) electrons. The Balaban J connectivity index is 3.25. The first-order valence-corrected chi connectivity index (χ1v) is 5.51. The largest absolute Gasteiger partial charge is 0.456 e. The summed E-state index contributed by atoms with van der Waals surface area (Å²) in [6.45, 7) is 4.72. The Bertz CT molecular complexity index is 547. The Morgan fingerprint density at radius 2 is 1.80 bits per heavy atom. The molecule has 1 aromatic carbocycles. The van der Waals surface area contributed by atoms with Gasteiger partial charge in [-0.25, -0.2) is 4.79 Å². The van der Waals surface area contributed by atoms with E-state index in [1.165, 1.54) is 0 Å². The number of benzene rings is 1. The molecule has 0 aliphatic rings. The Morgan fingerprint density at radius 3 is 2.20 bits per heavy atom. The zero-order chi connectivity index (χ0) is 15.7. The Morgan fingerprint density at radius 1 is 1.25 bits per heavy atom. The van der Waals surface area contributed by atoms with E-state index in [0.29, 0.717) is 12.1 Å². The third kappa shape index (κ3) is 3.94. The molecule has 0 spiro atoms. The summed E-state index contributed by atoms with van der Waals surface area (Å²) in [7, 11) is 0. The van der Waals surface area contributed by atoms with Gasteiger partial charge < -0.3 is 4.74 Å². The molecule has 0 aromatic heterocycles. The zero-order valence-electron chi connectivity index (χ0n) is 10.9. The average molecular weight is 291 g/mol. The molecule has 0 aliphatic carbocycles. The zero-order valence-corrected chi connectivity index (χ0v) is 10.9. The topological polar surface area (TPSA) is 69.4 Å². The van der Waals surface area contributed by atoms with Crippen molar-refractivity contribution in [1.29, 1.82) is 0 Å². The van der Waals surface area contributed by atoms with Crippen LogP contribution in [-0.2, 0) is 10.9 Å². The molecule has 0 bridgehead atoms. The fraction of sp³-hybridized carbons (Fsp3) is 0.417. The lowest BCUT2D eigenvalue weighted by molar-refractivity contribution is -0.388. The van der Waals surface area contributed by atoms with Crippen LogP contribution in [0.2, 0.25) is 0 Å². The smallest absolute Gasteiger partial charge is 0.422 e. The number of nitro groups is 1. The number of hydrogen-bond acceptors (Lipinski definition) is 4. The molecule has 0 N–H and O–H groups in total. The Labute approximate surface area is 112 Å². The van der Waals surface area contributed by atoms with E-state index in [1.54, 1.807) is 20.8 Å². The first-order chi connectivity index (χ1) is 8.92. The fourth-order valence-electron chi connectivity index (χ4n) is 1.39. The van der Waals surface area contributed by atoms with Gasteiger partial charge in [-0.05, 0) is 32.9 Å². The lowest BCUT2D eigenvalue weighted by atomic mass is 10.1. The highest BCUT2D eigenvalue weighted by Crippen LogP contribution is 2.36. The summed E-state index contributed by atoms with van der Waals surface area (Å²) >= 11 is 0. The first kappa shape index (κ1) is 15.9. The standard InChI is InChI=1S/C12H12F3NO4/c1-11(2,3)20-10(17)7-4-5-8(12(13,14)15)9(6-7)16(18)19/h4-6H,1-3H3. The minimum Gasteiger partial charge on any atom is -0.456 e. The highest BCUT2D eigenvalue weighted by Gasteiger charge is 2.38. The predicted octanol–water partition coefficient (Wildman–Crippen LogP) is 3.57. The minimum atomic E-state index is -4.87. The van der Waals surface area contributed by atoms with E-state index in [4.69, 9.17) is 4.74 Å². The number of nitrogens with zero attached hydrogens (tertiary/aromatic N) is 1. The molecule has 110 valence electrons. The molecule has 0 saturated carbocycles. The third-order valence-electron chi connectivity index (χ3n) is 2.13. The van der Waals surface area contributed by atoms with Crippen molar-refractivity contribution in [3.8, 4) is 0 Å². The van der Waals surface area contributed by atoms with E-state index >= 15 is 0 Å². The van der Waals surface area contributed by atoms with Gasteiger partial charge in [0.15, 0.2) is 0 Å². The summed E-state index contributed by atoms with van der Waals surface area (Å²) in [6.07, 6.45) is -4.87. The monoisotopic (exact) mass is 291 g/mol. The van der Waals surface area contributed by atoms with Crippen molar-refractivity contribution in [2.75, 3.05) is 0 Å². The van der Waals surface area contributed by atoms with Crippen molar-refractivity contribution in [3.05, 3.63) is 39.4 Å². The SMILES string of the molecule is CC(C)(C)OC(=O)c1ccc(C(F)(F)F)c([N+](=O)[O-])c1. The molecule has 0 unspecified atom stereocenters. The van der Waals surface area contributed by atoms with E-state index in [9.17, 15) is 28.1 Å². The van der Waals surface area contributed by atoms with Gasteiger partial charge in [-0.15, -0.1) is 0 Å². The van der Waals surface area contributed by atoms with Gasteiger partial charge >= 0.3 is 12.1 Å². The number of ether oxygens (including phenoxy) is 1. The summed E-state index contributed by atoms with van der Waals surface area (Å²) in [6, 6.07) is 1.91. The number of alkyl halides is 3. The van der Waals surface area contributed by atoms with Crippen molar-refractivity contribution in [2.45, 2.75) is 32.5 Å². The molecule has 8 heteroatoms. The molecule has 0 amide bonds. The van der Waals surface area contributed by atoms with Gasteiger partial charge in [-0.2, -0.15) is 13.2 Å². The van der Waals surface area contributed by atoms with E-state index in [1.807, 2.05) is 0 Å². The lowest BCUT2D eigenvalue weighted by Gasteiger charge is -2.19. The molecule has 0 atom stereocenters. The fourth-order valence-corrected chi connectivity index (χ4v) is 1.39. The molecule has 0 aliphatic heterocycles. The summed E-state index contributed by atoms with van der Waals surface area (Å²) in [5, 5.41) is 10.7. The van der Waals surface area contributed by atoms with Crippen molar-refractivity contribution in [2.24, 2.45) is 0 Å². The van der Waals surface area contributed by atoms with Gasteiger partial charge in [0.1, 0.15) is 11.2 Å². The van der Waals surface area contributed by atoms with Crippen LogP contribution < -0.4 is 0 Å². The first-order valence-electron chi connectivity index (χ1n) is 5.51. The second-order valence-corrected chi connectivity index (χ2v) is 4.99. The van der Waals surface area contributed by atoms with Crippen molar-refractivity contribution in [3.63, 3.8) is 0 Å². The molecular formula is C12H12F3NO4. The number of esters is 1. The van der Waals surface area contributed by atoms with Gasteiger partial charge in [0.25, 0.3) is 5.69 Å². The highest BCUT2D eigenvalue weighted by molar-refractivity contribution is 5.90. The normalized spacial score (nSPS) is 12.1. The second-order valence-electron chi connectivity index (χ2n) is 4.99. The maximum atomic E-state index is 12.6. The van der Waals surface area contributed by atoms with Crippen LogP contribution in [-0.4, -0.2) is 16.5 Å². The molecule has 0 fully saturated rings. The van der Waals surface area contributed by atoms with Crippen LogP contribution >= 0.6 is 0 Å². The van der Waals surface area contributed by atoms with Crippen LogP contribution in [0.25, 0.3) is 0 Å². The number of halogens is 3. The number of rotatable bonds is 2. The molecule has 1 rings (SSSR count). The maximum Gasteiger partial charge on any atom is 0.422 e. The highest BCUT2D eigenvalue weighted by atomic mass is 19.4. The van der Waals surface area contributed by atoms with Gasteiger partial charge in [-0.1, -0.05) is 0 Å². The van der Waals surface area contributed by atoms with E-state index in [-0.39, 0.29) is 5.56 Å². The van der Waals surface area contributed by atoms with Gasteiger partial charge in [-0.3, -0.25) is 10.1 Å². The van der Waals surface area contributed by atoms with Crippen LogP contribution in [0, 0.1) is 10.1 Å². The van der Waals surface area contributed by atoms with Crippen LogP contribution in [0.1, 0.15) is 36.7 Å². The maximum absolute atomic E-state index is 12.6. The number of nitro benzene ring substituents is 1. The van der Waals surface area contributed by atoms with Crippen LogP contribution in [0.4, 0.5) is 18.9 Å². The summed E-state index contributed by atoms with van der Waals surface area (Å²) in [5.41, 5.74) is -3.75. The van der Waals surface area contributed by atoms with Gasteiger partial charge in [0.05, 0.1) is 10.5 Å². The second kappa shape index (κ2) is 5.10. The molecule has 0 heterocycles. The van der Waals surface area contributed by atoms with Crippen molar-refractivity contribution >= 4 is 11.7 Å². The lowest BCUT2D eigenvalue weighted by Crippen LogP contribution is -2.24. The molecule has 1 aromatic rings. The Kier molecular flexibility index (Phi) is 4.07. The quantitative estimate of drug-likeness (QED) is 0.474. The predicted molar refractivity (Wildman–Crippen MR) is 63.3 cm³/mol. The minimum absolute atomic E-state index is 0.306. The van der Waals surface area contributed by atoms with Crippen LogP contribution in [0.5, 0.6) is 0 Å².